The molecule has 12 heteroatoms. The minimum absolute atomic E-state index is 0.000579. The number of ketones is 1. The number of rotatable bonds is 15. The normalized spacial score (nSPS) is 13.9. The molecule has 0 aliphatic carbocycles. The van der Waals surface area contributed by atoms with E-state index in [0.29, 0.717) is 22.2 Å². The fourth-order valence-electron chi connectivity index (χ4n) is 3.65. The van der Waals surface area contributed by atoms with Crippen molar-refractivity contribution in [3.63, 3.8) is 0 Å². The number of Topliss-reactive ketones (excluding diaryl/α,β-unsaturated/α-hetero) is 1. The fraction of sp³-hybridized carbons (Fsp3) is 0.481. The number of halogens is 2. The highest BCUT2D eigenvalue weighted by Gasteiger charge is 2.33. The monoisotopic (exact) mass is 585 g/mol. The number of carbonyl (C=O) groups excluding carboxylic acids is 3. The summed E-state index contributed by atoms with van der Waals surface area (Å²) in [6.45, 7) is 5.93. The minimum atomic E-state index is -0.836. The van der Waals surface area contributed by atoms with Gasteiger partial charge in [0.2, 0.25) is 6.79 Å². The Morgan fingerprint density at radius 2 is 1.77 bits per heavy atom. The lowest BCUT2D eigenvalue weighted by Crippen LogP contribution is -2.44. The van der Waals surface area contributed by atoms with E-state index in [9.17, 15) is 14.4 Å². The van der Waals surface area contributed by atoms with Crippen molar-refractivity contribution in [2.75, 3.05) is 21.0 Å². The molecule has 0 aliphatic rings. The van der Waals surface area contributed by atoms with E-state index in [1.807, 2.05) is 6.92 Å². The van der Waals surface area contributed by atoms with Gasteiger partial charge < -0.3 is 28.4 Å². The van der Waals surface area contributed by atoms with Gasteiger partial charge in [0.1, 0.15) is 11.9 Å². The molecule has 0 amide bonds. The summed E-state index contributed by atoms with van der Waals surface area (Å²) in [6, 6.07) is 6.30. The van der Waals surface area contributed by atoms with E-state index < -0.39 is 48.7 Å². The molecule has 0 fully saturated rings. The molecule has 0 saturated heterocycles. The fourth-order valence-corrected chi connectivity index (χ4v) is 4.10. The van der Waals surface area contributed by atoms with Crippen LogP contribution >= 0.6 is 23.2 Å². The van der Waals surface area contributed by atoms with Gasteiger partial charge in [0.15, 0.2) is 29.1 Å². The molecule has 1 heterocycles. The summed E-state index contributed by atoms with van der Waals surface area (Å²) in [5, 5.41) is 0.750. The topological polar surface area (TPSA) is 119 Å². The van der Waals surface area contributed by atoms with E-state index in [0.717, 1.165) is 0 Å². The Hall–Kier alpha value is -3.08. The van der Waals surface area contributed by atoms with Crippen molar-refractivity contribution in [1.29, 1.82) is 0 Å². The Kier molecular flexibility index (Phi) is 12.8. The molecule has 10 nitrogen and oxygen atoms in total. The molecule has 1 aromatic carbocycles. The zero-order valence-electron chi connectivity index (χ0n) is 22.7. The van der Waals surface area contributed by atoms with Crippen molar-refractivity contribution >= 4 is 40.9 Å². The summed E-state index contributed by atoms with van der Waals surface area (Å²) in [6.07, 6.45) is -0.175. The third-order valence-electron chi connectivity index (χ3n) is 5.71. The number of ether oxygens (including phenoxy) is 6. The zero-order chi connectivity index (χ0) is 29.1. The maximum absolute atomic E-state index is 13.1. The zero-order valence-corrected chi connectivity index (χ0v) is 24.2. The second-order valence-electron chi connectivity index (χ2n) is 8.60. The summed E-state index contributed by atoms with van der Waals surface area (Å²) < 4.78 is 32.8. The molecular weight excluding hydrogens is 553 g/mol. The number of benzene rings is 1. The number of methoxy groups -OCH3 is 2. The number of pyridine rings is 1. The van der Waals surface area contributed by atoms with Gasteiger partial charge in [-0.2, -0.15) is 0 Å². The Labute approximate surface area is 237 Å². The molecule has 2 rings (SSSR count). The third-order valence-corrected chi connectivity index (χ3v) is 6.24. The SMILES string of the molecule is CC[C@H](OC)[C@@H](Oc1ccc(Cl)cc1Cl)[C@H](C)OC(=O)[C@H](C)CC(=O)c1nccc(OC)c1OCOC(C)=O. The van der Waals surface area contributed by atoms with Crippen molar-refractivity contribution < 1.29 is 42.8 Å². The van der Waals surface area contributed by atoms with Crippen LogP contribution in [0.1, 0.15) is 51.0 Å². The predicted molar refractivity (Wildman–Crippen MR) is 144 cm³/mol. The minimum Gasteiger partial charge on any atom is -0.493 e. The highest BCUT2D eigenvalue weighted by atomic mass is 35.5. The van der Waals surface area contributed by atoms with E-state index >= 15 is 0 Å². The van der Waals surface area contributed by atoms with Gasteiger partial charge >= 0.3 is 11.9 Å². The molecule has 0 spiro atoms. The molecule has 214 valence electrons. The largest absolute Gasteiger partial charge is 0.493 e. The van der Waals surface area contributed by atoms with Crippen molar-refractivity contribution in [3.05, 3.63) is 46.2 Å². The highest BCUT2D eigenvalue weighted by Crippen LogP contribution is 2.32. The maximum atomic E-state index is 13.1. The quantitative estimate of drug-likeness (QED) is 0.154. The Balaban J connectivity index is 2.15. The summed E-state index contributed by atoms with van der Waals surface area (Å²) in [7, 11) is 2.93. The second kappa shape index (κ2) is 15.5. The summed E-state index contributed by atoms with van der Waals surface area (Å²) in [5.74, 6) is -1.93. The van der Waals surface area contributed by atoms with Gasteiger partial charge in [-0.1, -0.05) is 37.0 Å². The van der Waals surface area contributed by atoms with Crippen LogP contribution in [0.4, 0.5) is 0 Å². The van der Waals surface area contributed by atoms with E-state index in [-0.39, 0.29) is 23.6 Å². The number of hydrogen-bond donors (Lipinski definition) is 0. The van der Waals surface area contributed by atoms with Gasteiger partial charge in [-0.05, 0) is 31.5 Å². The molecule has 0 unspecified atom stereocenters. The second-order valence-corrected chi connectivity index (χ2v) is 9.44. The lowest BCUT2D eigenvalue weighted by atomic mass is 10.0. The molecule has 39 heavy (non-hydrogen) atoms. The highest BCUT2D eigenvalue weighted by molar-refractivity contribution is 6.35. The molecule has 0 radical (unpaired) electrons. The third kappa shape index (κ3) is 9.26. The number of nitrogens with zero attached hydrogens (tertiary/aromatic N) is 1. The molecule has 0 aliphatic heterocycles. The first kappa shape index (κ1) is 32.1. The van der Waals surface area contributed by atoms with Crippen LogP contribution in [-0.4, -0.2) is 62.0 Å². The molecular formula is C27H33Cl2NO9. The summed E-state index contributed by atoms with van der Waals surface area (Å²) in [5.41, 5.74) is -0.0711. The standard InChI is InChI=1S/C27H33Cl2NO9/c1-7-21(34-5)25(39-22-9-8-18(28)13-19(22)29)16(3)38-27(33)15(2)12-20(32)24-26(37-14-36-17(4)31)23(35-6)10-11-30-24/h8-11,13,15-16,21,25H,7,12,14H2,1-6H3/t15-,16+,21+,25+/m1/s1. The molecule has 4 atom stereocenters. The van der Waals surface area contributed by atoms with Gasteiger partial charge in [-0.25, -0.2) is 4.98 Å². The smallest absolute Gasteiger partial charge is 0.309 e. The van der Waals surface area contributed by atoms with Crippen LogP contribution in [0.5, 0.6) is 17.2 Å². The van der Waals surface area contributed by atoms with Crippen molar-refractivity contribution in [1.82, 2.24) is 4.98 Å². The van der Waals surface area contributed by atoms with E-state index in [4.69, 9.17) is 51.6 Å². The lowest BCUT2D eigenvalue weighted by molar-refractivity contribution is -0.161. The van der Waals surface area contributed by atoms with E-state index in [1.54, 1.807) is 32.0 Å². The van der Waals surface area contributed by atoms with Gasteiger partial charge in [0.25, 0.3) is 0 Å². The van der Waals surface area contributed by atoms with E-state index in [1.165, 1.54) is 33.4 Å². The van der Waals surface area contributed by atoms with E-state index in [2.05, 4.69) is 4.98 Å². The van der Waals surface area contributed by atoms with Crippen LogP contribution in [0.15, 0.2) is 30.5 Å². The lowest BCUT2D eigenvalue weighted by Gasteiger charge is -2.31. The predicted octanol–water partition coefficient (Wildman–Crippen LogP) is 5.31. The first-order chi connectivity index (χ1) is 18.5. The van der Waals surface area contributed by atoms with Crippen LogP contribution in [0, 0.1) is 5.92 Å². The number of aromatic nitrogens is 1. The van der Waals surface area contributed by atoms with Crippen molar-refractivity contribution in [2.24, 2.45) is 5.92 Å². The molecule has 0 bridgehead atoms. The van der Waals surface area contributed by atoms with Gasteiger partial charge in [-0.15, -0.1) is 0 Å². The Morgan fingerprint density at radius 1 is 1.05 bits per heavy atom. The summed E-state index contributed by atoms with van der Waals surface area (Å²) >= 11 is 12.3. The average Bonchev–Trinajstić information content (AvgIpc) is 2.89. The number of esters is 2. The summed E-state index contributed by atoms with van der Waals surface area (Å²) in [4.78, 5) is 41.3. The van der Waals surface area contributed by atoms with Gasteiger partial charge in [0.05, 0.1) is 24.2 Å². The van der Waals surface area contributed by atoms with Crippen LogP contribution < -0.4 is 14.2 Å². The van der Waals surface area contributed by atoms with Crippen LogP contribution in [0.2, 0.25) is 10.0 Å². The molecule has 0 N–H and O–H groups in total. The van der Waals surface area contributed by atoms with Gasteiger partial charge in [0, 0.05) is 37.7 Å². The molecule has 2 aromatic rings. The maximum Gasteiger partial charge on any atom is 0.309 e. The van der Waals surface area contributed by atoms with Gasteiger partial charge in [-0.3, -0.25) is 14.4 Å². The van der Waals surface area contributed by atoms with Crippen molar-refractivity contribution in [2.45, 2.75) is 58.8 Å². The molecule has 1 aromatic heterocycles. The van der Waals surface area contributed by atoms with Crippen LogP contribution in [0.3, 0.4) is 0 Å². The van der Waals surface area contributed by atoms with Crippen molar-refractivity contribution in [3.8, 4) is 17.2 Å². The number of hydrogen-bond acceptors (Lipinski definition) is 10. The van der Waals surface area contributed by atoms with Crippen LogP contribution in [0.25, 0.3) is 0 Å². The Morgan fingerprint density at radius 3 is 2.36 bits per heavy atom. The number of carbonyl (C=O) groups is 3. The first-order valence-electron chi connectivity index (χ1n) is 12.2. The van der Waals surface area contributed by atoms with Crippen LogP contribution in [-0.2, 0) is 23.8 Å². The average molecular weight is 586 g/mol. The Bertz CT molecular complexity index is 1140. The first-order valence-corrected chi connectivity index (χ1v) is 12.9. The molecule has 0 saturated carbocycles.